The summed E-state index contributed by atoms with van der Waals surface area (Å²) in [6.45, 7) is 9.88. The second kappa shape index (κ2) is 10.3. The Morgan fingerprint density at radius 3 is 2.36 bits per heavy atom. The minimum absolute atomic E-state index is 0.358. The molecule has 0 saturated carbocycles. The molecule has 2 aromatic rings. The molecule has 0 heterocycles. The maximum absolute atomic E-state index is 10.4. The molecule has 1 N–H and O–H groups in total. The highest BCUT2D eigenvalue weighted by molar-refractivity contribution is 5.22. The molecule has 0 aliphatic carbocycles. The van der Waals surface area contributed by atoms with E-state index in [2.05, 4.69) is 49.9 Å². The Morgan fingerprint density at radius 1 is 0.960 bits per heavy atom. The zero-order valence-corrected chi connectivity index (χ0v) is 15.7. The fraction of sp³-hybridized carbons (Fsp3) is 0.455. The van der Waals surface area contributed by atoms with Crippen LogP contribution in [0.4, 0.5) is 0 Å². The van der Waals surface area contributed by atoms with E-state index in [1.165, 1.54) is 11.1 Å². The van der Waals surface area contributed by atoms with Crippen molar-refractivity contribution in [1.29, 1.82) is 0 Å². The maximum atomic E-state index is 10.4. The Morgan fingerprint density at radius 2 is 1.68 bits per heavy atom. The monoisotopic (exact) mass is 341 g/mol. The molecule has 0 aromatic heterocycles. The lowest BCUT2D eigenvalue weighted by Crippen LogP contribution is -2.36. The molecule has 3 nitrogen and oxygen atoms in total. The van der Waals surface area contributed by atoms with Gasteiger partial charge in [-0.05, 0) is 24.0 Å². The van der Waals surface area contributed by atoms with Gasteiger partial charge in [0.1, 0.15) is 0 Å². The van der Waals surface area contributed by atoms with Crippen LogP contribution in [0.25, 0.3) is 0 Å². The molecule has 136 valence electrons. The van der Waals surface area contributed by atoms with Crippen LogP contribution in [0.5, 0.6) is 0 Å². The van der Waals surface area contributed by atoms with Gasteiger partial charge in [0.15, 0.2) is 0 Å². The Bertz CT molecular complexity index is 612. The zero-order chi connectivity index (χ0) is 18.1. The molecule has 0 spiro atoms. The summed E-state index contributed by atoms with van der Waals surface area (Å²) in [5.41, 5.74) is 3.69. The van der Waals surface area contributed by atoms with E-state index in [1.54, 1.807) is 0 Å². The summed E-state index contributed by atoms with van der Waals surface area (Å²) in [5, 5.41) is 10.4. The molecular formula is C22H31NO2. The van der Waals surface area contributed by atoms with Crippen LogP contribution >= 0.6 is 0 Å². The smallest absolute Gasteiger partial charge is 0.0900 e. The Labute approximate surface area is 152 Å². The van der Waals surface area contributed by atoms with E-state index < -0.39 is 6.10 Å². The van der Waals surface area contributed by atoms with Gasteiger partial charge in [-0.3, -0.25) is 4.90 Å². The average Bonchev–Trinajstić information content (AvgIpc) is 2.55. The molecule has 0 radical (unpaired) electrons. The number of ether oxygens (including phenoxy) is 1. The number of hydrogen-bond acceptors (Lipinski definition) is 3. The van der Waals surface area contributed by atoms with E-state index in [-0.39, 0.29) is 0 Å². The van der Waals surface area contributed by atoms with Crippen LogP contribution in [0, 0.1) is 12.8 Å². The van der Waals surface area contributed by atoms with Gasteiger partial charge in [0.2, 0.25) is 0 Å². The van der Waals surface area contributed by atoms with Crippen LogP contribution in [0.1, 0.15) is 30.5 Å². The second-order valence-corrected chi connectivity index (χ2v) is 7.23. The van der Waals surface area contributed by atoms with Crippen LogP contribution in [-0.2, 0) is 17.9 Å². The first kappa shape index (κ1) is 19.6. The van der Waals surface area contributed by atoms with Crippen molar-refractivity contribution in [2.24, 2.45) is 5.92 Å². The highest BCUT2D eigenvalue weighted by Gasteiger charge is 2.14. The lowest BCUT2D eigenvalue weighted by atomic mass is 10.1. The van der Waals surface area contributed by atoms with Gasteiger partial charge in [0.05, 0.1) is 19.3 Å². The molecule has 0 amide bonds. The van der Waals surface area contributed by atoms with Crippen LogP contribution < -0.4 is 0 Å². The first-order chi connectivity index (χ1) is 12.0. The lowest BCUT2D eigenvalue weighted by Gasteiger charge is -2.27. The quantitative estimate of drug-likeness (QED) is 0.708. The van der Waals surface area contributed by atoms with Gasteiger partial charge in [-0.1, -0.05) is 74.0 Å². The molecule has 25 heavy (non-hydrogen) atoms. The van der Waals surface area contributed by atoms with E-state index in [0.29, 0.717) is 25.7 Å². The lowest BCUT2D eigenvalue weighted by molar-refractivity contribution is 0.00678. The van der Waals surface area contributed by atoms with Gasteiger partial charge in [0, 0.05) is 19.6 Å². The summed E-state index contributed by atoms with van der Waals surface area (Å²) >= 11 is 0. The highest BCUT2D eigenvalue weighted by Crippen LogP contribution is 2.11. The van der Waals surface area contributed by atoms with Crippen molar-refractivity contribution < 1.29 is 9.84 Å². The largest absolute Gasteiger partial charge is 0.389 e. The minimum Gasteiger partial charge on any atom is -0.389 e. The highest BCUT2D eigenvalue weighted by atomic mass is 16.5. The molecule has 0 aliphatic heterocycles. The van der Waals surface area contributed by atoms with Crippen molar-refractivity contribution in [3.8, 4) is 0 Å². The third kappa shape index (κ3) is 7.82. The van der Waals surface area contributed by atoms with E-state index in [0.717, 1.165) is 18.7 Å². The van der Waals surface area contributed by atoms with E-state index in [9.17, 15) is 5.11 Å². The molecular weight excluding hydrogens is 310 g/mol. The van der Waals surface area contributed by atoms with Crippen molar-refractivity contribution in [2.75, 3.05) is 19.7 Å². The number of rotatable bonds is 10. The van der Waals surface area contributed by atoms with Crippen molar-refractivity contribution in [3.05, 3.63) is 71.3 Å². The van der Waals surface area contributed by atoms with Crippen molar-refractivity contribution in [3.63, 3.8) is 0 Å². The van der Waals surface area contributed by atoms with Gasteiger partial charge < -0.3 is 9.84 Å². The molecule has 3 heteroatoms. The van der Waals surface area contributed by atoms with E-state index in [4.69, 9.17) is 4.74 Å². The molecule has 2 aromatic carbocycles. The van der Waals surface area contributed by atoms with E-state index in [1.807, 2.05) is 30.3 Å². The summed E-state index contributed by atoms with van der Waals surface area (Å²) in [5.74, 6) is 0.558. The number of nitrogens with zero attached hydrogens (tertiary/aromatic N) is 1. The Hall–Kier alpha value is -1.68. The van der Waals surface area contributed by atoms with Crippen LogP contribution in [0.2, 0.25) is 0 Å². The topological polar surface area (TPSA) is 32.7 Å². The molecule has 0 saturated heterocycles. The normalized spacial score (nSPS) is 12.7. The first-order valence-electron chi connectivity index (χ1n) is 9.10. The third-order valence-electron chi connectivity index (χ3n) is 4.00. The molecule has 0 fully saturated rings. The standard InChI is InChI=1S/C22H31NO2/c1-18(2)13-23(14-21-11-7-8-19(3)12-21)15-22(24)17-25-16-20-9-5-4-6-10-20/h4-12,18,22,24H,13-17H2,1-3H3/t22-/m0/s1. The Kier molecular flexibility index (Phi) is 8.13. The molecule has 0 unspecified atom stereocenters. The van der Waals surface area contributed by atoms with Gasteiger partial charge >= 0.3 is 0 Å². The predicted octanol–water partition coefficient (Wildman–Crippen LogP) is 4.03. The van der Waals surface area contributed by atoms with Crippen molar-refractivity contribution in [2.45, 2.75) is 40.0 Å². The van der Waals surface area contributed by atoms with Crippen LogP contribution in [0.15, 0.2) is 54.6 Å². The molecule has 2 rings (SSSR count). The van der Waals surface area contributed by atoms with Gasteiger partial charge in [-0.15, -0.1) is 0 Å². The van der Waals surface area contributed by atoms with Gasteiger partial charge in [-0.2, -0.15) is 0 Å². The SMILES string of the molecule is Cc1cccc(CN(CC(C)C)C[C@H](O)COCc2ccccc2)c1. The number of benzene rings is 2. The minimum atomic E-state index is -0.479. The zero-order valence-electron chi connectivity index (χ0n) is 15.7. The van der Waals surface area contributed by atoms with Gasteiger partial charge in [-0.25, -0.2) is 0 Å². The Balaban J connectivity index is 1.83. The summed E-state index contributed by atoms with van der Waals surface area (Å²) in [4.78, 5) is 2.32. The van der Waals surface area contributed by atoms with Crippen LogP contribution in [-0.4, -0.2) is 35.8 Å². The molecule has 0 bridgehead atoms. The maximum Gasteiger partial charge on any atom is 0.0900 e. The third-order valence-corrected chi connectivity index (χ3v) is 4.00. The summed E-state index contributed by atoms with van der Waals surface area (Å²) in [6, 6.07) is 18.6. The summed E-state index contributed by atoms with van der Waals surface area (Å²) in [7, 11) is 0. The number of aliphatic hydroxyl groups excluding tert-OH is 1. The number of aliphatic hydroxyl groups is 1. The second-order valence-electron chi connectivity index (χ2n) is 7.23. The molecule has 0 aliphatic rings. The fourth-order valence-electron chi connectivity index (χ4n) is 3.03. The van der Waals surface area contributed by atoms with Crippen molar-refractivity contribution in [1.82, 2.24) is 4.90 Å². The first-order valence-corrected chi connectivity index (χ1v) is 9.10. The summed E-state index contributed by atoms with van der Waals surface area (Å²) < 4.78 is 5.68. The number of aryl methyl sites for hydroxylation is 1. The fourth-order valence-corrected chi connectivity index (χ4v) is 3.03. The van der Waals surface area contributed by atoms with Crippen molar-refractivity contribution >= 4 is 0 Å². The molecule has 1 atom stereocenters. The average molecular weight is 341 g/mol. The van der Waals surface area contributed by atoms with Gasteiger partial charge in [0.25, 0.3) is 0 Å². The van der Waals surface area contributed by atoms with Crippen LogP contribution in [0.3, 0.4) is 0 Å². The predicted molar refractivity (Wildman–Crippen MR) is 103 cm³/mol. The summed E-state index contributed by atoms with van der Waals surface area (Å²) in [6.07, 6.45) is -0.479. The number of hydrogen-bond donors (Lipinski definition) is 1. The van der Waals surface area contributed by atoms with E-state index >= 15 is 0 Å².